The molecule has 1 rings (SSSR count). The van der Waals surface area contributed by atoms with Crippen molar-refractivity contribution in [3.8, 4) is 5.75 Å². The van der Waals surface area contributed by atoms with Crippen molar-refractivity contribution in [1.29, 1.82) is 0 Å². The molecule has 84 valence electrons. The van der Waals surface area contributed by atoms with E-state index in [9.17, 15) is 8.78 Å². The fourth-order valence-electron chi connectivity index (χ4n) is 1.33. The first kappa shape index (κ1) is 12.2. The van der Waals surface area contributed by atoms with E-state index in [0.717, 1.165) is 12.0 Å². The molecule has 0 bridgehead atoms. The number of halogens is 3. The summed E-state index contributed by atoms with van der Waals surface area (Å²) in [6, 6.07) is 4.90. The predicted octanol–water partition coefficient (Wildman–Crippen LogP) is 4.14. The molecule has 15 heavy (non-hydrogen) atoms. The van der Waals surface area contributed by atoms with Crippen molar-refractivity contribution in [1.82, 2.24) is 0 Å². The summed E-state index contributed by atoms with van der Waals surface area (Å²) in [6.07, 6.45) is 0.870. The van der Waals surface area contributed by atoms with Crippen LogP contribution in [0, 0.1) is 5.92 Å². The Balaban J connectivity index is 2.78. The van der Waals surface area contributed by atoms with E-state index in [1.807, 2.05) is 0 Å². The second-order valence-corrected chi connectivity index (χ2v) is 4.15. The fraction of sp³-hybridized carbons (Fsp3) is 0.455. The molecule has 0 unspecified atom stereocenters. The highest BCUT2D eigenvalue weighted by atomic mass is 35.5. The van der Waals surface area contributed by atoms with Gasteiger partial charge >= 0.3 is 6.61 Å². The van der Waals surface area contributed by atoms with Crippen LogP contribution in [0.1, 0.15) is 19.4 Å². The van der Waals surface area contributed by atoms with Crippen molar-refractivity contribution in [2.45, 2.75) is 26.9 Å². The molecular weight excluding hydrogens is 222 g/mol. The van der Waals surface area contributed by atoms with Gasteiger partial charge in [-0.25, -0.2) is 0 Å². The van der Waals surface area contributed by atoms with Gasteiger partial charge in [-0.3, -0.25) is 0 Å². The van der Waals surface area contributed by atoms with E-state index < -0.39 is 6.61 Å². The van der Waals surface area contributed by atoms with Gasteiger partial charge in [0.25, 0.3) is 0 Å². The van der Waals surface area contributed by atoms with Crippen molar-refractivity contribution in [3.63, 3.8) is 0 Å². The molecule has 0 atom stereocenters. The lowest BCUT2D eigenvalue weighted by atomic mass is 10.0. The van der Waals surface area contributed by atoms with Crippen LogP contribution < -0.4 is 4.74 Å². The van der Waals surface area contributed by atoms with Crippen LogP contribution in [0.2, 0.25) is 5.02 Å². The average molecular weight is 235 g/mol. The summed E-state index contributed by atoms with van der Waals surface area (Å²) in [5, 5.41) is 0.230. The SMILES string of the molecule is CC(C)Cc1ccc(OC(F)F)c(Cl)c1. The molecule has 0 aromatic heterocycles. The molecule has 1 aromatic carbocycles. The second-order valence-electron chi connectivity index (χ2n) is 3.74. The summed E-state index contributed by atoms with van der Waals surface area (Å²) in [5.41, 5.74) is 1.02. The Labute approximate surface area is 93.0 Å². The summed E-state index contributed by atoms with van der Waals surface area (Å²) >= 11 is 5.80. The van der Waals surface area contributed by atoms with Gasteiger partial charge in [0.1, 0.15) is 5.75 Å². The van der Waals surface area contributed by atoms with Crippen molar-refractivity contribution >= 4 is 11.6 Å². The Morgan fingerprint density at radius 3 is 2.47 bits per heavy atom. The van der Waals surface area contributed by atoms with Gasteiger partial charge in [0, 0.05) is 0 Å². The first-order valence-electron chi connectivity index (χ1n) is 4.72. The lowest BCUT2D eigenvalue weighted by molar-refractivity contribution is -0.0497. The number of hydrogen-bond acceptors (Lipinski definition) is 1. The Hall–Kier alpha value is -0.830. The van der Waals surface area contributed by atoms with E-state index in [-0.39, 0.29) is 10.8 Å². The molecule has 0 saturated carbocycles. The zero-order valence-electron chi connectivity index (χ0n) is 8.64. The third-order valence-corrected chi connectivity index (χ3v) is 2.15. The number of alkyl halides is 2. The van der Waals surface area contributed by atoms with Gasteiger partial charge < -0.3 is 4.74 Å². The molecule has 1 aromatic rings. The first-order valence-corrected chi connectivity index (χ1v) is 5.10. The highest BCUT2D eigenvalue weighted by Gasteiger charge is 2.09. The van der Waals surface area contributed by atoms with Gasteiger partial charge in [0.05, 0.1) is 5.02 Å². The lowest BCUT2D eigenvalue weighted by Gasteiger charge is -2.09. The summed E-state index contributed by atoms with van der Waals surface area (Å²) in [7, 11) is 0. The molecule has 1 nitrogen and oxygen atoms in total. The van der Waals surface area contributed by atoms with E-state index in [0.29, 0.717) is 5.92 Å². The molecule has 0 saturated heterocycles. The zero-order chi connectivity index (χ0) is 11.4. The van der Waals surface area contributed by atoms with E-state index in [2.05, 4.69) is 18.6 Å². The Kier molecular flexibility index (Phi) is 4.33. The van der Waals surface area contributed by atoms with Crippen LogP contribution in [0.3, 0.4) is 0 Å². The summed E-state index contributed by atoms with van der Waals surface area (Å²) < 4.78 is 28.1. The molecule has 0 heterocycles. The summed E-state index contributed by atoms with van der Waals surface area (Å²) in [6.45, 7) is 1.33. The minimum Gasteiger partial charge on any atom is -0.433 e. The second kappa shape index (κ2) is 5.31. The van der Waals surface area contributed by atoms with E-state index in [1.165, 1.54) is 6.07 Å². The Bertz CT molecular complexity index is 326. The number of hydrogen-bond donors (Lipinski definition) is 0. The summed E-state index contributed by atoms with van der Waals surface area (Å²) in [5.74, 6) is 0.530. The molecule has 0 N–H and O–H groups in total. The van der Waals surface area contributed by atoms with Gasteiger partial charge in [-0.1, -0.05) is 31.5 Å². The topological polar surface area (TPSA) is 9.23 Å². The average Bonchev–Trinajstić information content (AvgIpc) is 2.08. The zero-order valence-corrected chi connectivity index (χ0v) is 9.39. The highest BCUT2D eigenvalue weighted by molar-refractivity contribution is 6.32. The number of rotatable bonds is 4. The Morgan fingerprint density at radius 2 is 2.00 bits per heavy atom. The van der Waals surface area contributed by atoms with Gasteiger partial charge in [-0.2, -0.15) is 8.78 Å². The molecule has 0 radical (unpaired) electrons. The lowest BCUT2D eigenvalue weighted by Crippen LogP contribution is -2.03. The number of benzene rings is 1. The largest absolute Gasteiger partial charge is 0.433 e. The standard InChI is InChI=1S/C11H13ClF2O/c1-7(2)5-8-3-4-10(9(12)6-8)15-11(13)14/h3-4,6-7,11H,5H2,1-2H3. The Morgan fingerprint density at radius 1 is 1.33 bits per heavy atom. The molecule has 0 amide bonds. The van der Waals surface area contributed by atoms with E-state index in [1.54, 1.807) is 12.1 Å². The van der Waals surface area contributed by atoms with Gasteiger partial charge in [0.15, 0.2) is 0 Å². The maximum Gasteiger partial charge on any atom is 0.387 e. The molecule has 0 aliphatic heterocycles. The van der Waals surface area contributed by atoms with Crippen molar-refractivity contribution in [2.24, 2.45) is 5.92 Å². The van der Waals surface area contributed by atoms with Crippen molar-refractivity contribution < 1.29 is 13.5 Å². The van der Waals surface area contributed by atoms with Crippen LogP contribution in [0.4, 0.5) is 8.78 Å². The van der Waals surface area contributed by atoms with Crippen LogP contribution in [0.25, 0.3) is 0 Å². The van der Waals surface area contributed by atoms with Gasteiger partial charge in [0.2, 0.25) is 0 Å². The normalized spacial score (nSPS) is 11.1. The van der Waals surface area contributed by atoms with E-state index >= 15 is 0 Å². The van der Waals surface area contributed by atoms with Crippen LogP contribution in [0.5, 0.6) is 5.75 Å². The van der Waals surface area contributed by atoms with E-state index in [4.69, 9.17) is 11.6 Å². The highest BCUT2D eigenvalue weighted by Crippen LogP contribution is 2.27. The van der Waals surface area contributed by atoms with Gasteiger partial charge in [-0.05, 0) is 30.0 Å². The third kappa shape index (κ3) is 4.04. The van der Waals surface area contributed by atoms with Crippen molar-refractivity contribution in [3.05, 3.63) is 28.8 Å². The fourth-order valence-corrected chi connectivity index (χ4v) is 1.58. The molecule has 0 aliphatic rings. The maximum atomic E-state index is 11.9. The molecule has 0 aliphatic carbocycles. The maximum absolute atomic E-state index is 11.9. The molecule has 4 heteroatoms. The number of ether oxygens (including phenoxy) is 1. The van der Waals surface area contributed by atoms with Crippen LogP contribution in [-0.4, -0.2) is 6.61 Å². The monoisotopic (exact) mass is 234 g/mol. The smallest absolute Gasteiger partial charge is 0.387 e. The molecule has 0 spiro atoms. The predicted molar refractivity (Wildman–Crippen MR) is 56.6 cm³/mol. The minimum atomic E-state index is -2.83. The van der Waals surface area contributed by atoms with Crippen LogP contribution in [0.15, 0.2) is 18.2 Å². The van der Waals surface area contributed by atoms with Gasteiger partial charge in [-0.15, -0.1) is 0 Å². The van der Waals surface area contributed by atoms with Crippen LogP contribution in [-0.2, 0) is 6.42 Å². The van der Waals surface area contributed by atoms with Crippen LogP contribution >= 0.6 is 11.6 Å². The summed E-state index contributed by atoms with van der Waals surface area (Å²) in [4.78, 5) is 0. The quantitative estimate of drug-likeness (QED) is 0.761. The minimum absolute atomic E-state index is 0.0270. The third-order valence-electron chi connectivity index (χ3n) is 1.86. The molecule has 0 fully saturated rings. The first-order chi connectivity index (χ1) is 6.99. The van der Waals surface area contributed by atoms with Crippen molar-refractivity contribution in [2.75, 3.05) is 0 Å². The molecular formula is C11H13ClF2O.